The summed E-state index contributed by atoms with van der Waals surface area (Å²) in [7, 11) is 0. The highest BCUT2D eigenvalue weighted by molar-refractivity contribution is 6.01. The minimum absolute atomic E-state index is 0.0697. The van der Waals surface area contributed by atoms with Gasteiger partial charge in [-0.25, -0.2) is 0 Å². The van der Waals surface area contributed by atoms with E-state index < -0.39 is 0 Å². The van der Waals surface area contributed by atoms with Crippen molar-refractivity contribution in [2.75, 3.05) is 31.1 Å². The lowest BCUT2D eigenvalue weighted by atomic mass is 9.99. The largest absolute Gasteiger partial charge is 0.354 e. The summed E-state index contributed by atoms with van der Waals surface area (Å²) in [6.45, 7) is 2.82. The number of carbonyl (C=O) groups excluding carboxylic acids is 2. The molecule has 1 unspecified atom stereocenters. The topological polar surface area (TPSA) is 61.4 Å². The van der Waals surface area contributed by atoms with Crippen LogP contribution >= 0.6 is 0 Å². The molecule has 1 aromatic rings. The van der Waals surface area contributed by atoms with Crippen molar-refractivity contribution in [3.8, 4) is 0 Å². The van der Waals surface area contributed by atoms with E-state index in [1.807, 2.05) is 24.3 Å². The first-order valence-corrected chi connectivity index (χ1v) is 7.62. The normalized spacial score (nSPS) is 21.2. The maximum absolute atomic E-state index is 12.0. The van der Waals surface area contributed by atoms with E-state index in [1.54, 1.807) is 4.90 Å². The summed E-state index contributed by atoms with van der Waals surface area (Å²) < 4.78 is 0. The minimum Gasteiger partial charge on any atom is -0.354 e. The number of amides is 2. The van der Waals surface area contributed by atoms with Crippen LogP contribution in [0.1, 0.15) is 18.4 Å². The number of piperidine rings is 1. The standard InChI is InChI=1S/C16H21N3O2/c20-15-10-12-4-1-2-6-14(12)19(15)9-8-18-16(21)13-5-3-7-17-11-13/h1-2,4,6,13,17H,3,5,7-11H2,(H,18,21). The Morgan fingerprint density at radius 2 is 2.24 bits per heavy atom. The molecule has 0 bridgehead atoms. The summed E-state index contributed by atoms with van der Waals surface area (Å²) in [5, 5.41) is 6.20. The summed E-state index contributed by atoms with van der Waals surface area (Å²) in [6, 6.07) is 7.84. The molecule has 2 aliphatic heterocycles. The minimum atomic E-state index is 0.0697. The molecule has 0 spiro atoms. The lowest BCUT2D eigenvalue weighted by Crippen LogP contribution is -2.43. The second-order valence-corrected chi connectivity index (χ2v) is 5.69. The van der Waals surface area contributed by atoms with Gasteiger partial charge < -0.3 is 15.5 Å². The number of benzene rings is 1. The smallest absolute Gasteiger partial charge is 0.231 e. The Morgan fingerprint density at radius 3 is 3.05 bits per heavy atom. The van der Waals surface area contributed by atoms with Crippen molar-refractivity contribution in [1.82, 2.24) is 10.6 Å². The van der Waals surface area contributed by atoms with Gasteiger partial charge >= 0.3 is 0 Å². The molecular formula is C16H21N3O2. The van der Waals surface area contributed by atoms with E-state index in [9.17, 15) is 9.59 Å². The fourth-order valence-corrected chi connectivity index (χ4v) is 3.07. The Balaban J connectivity index is 1.51. The maximum atomic E-state index is 12.0. The van der Waals surface area contributed by atoms with E-state index in [-0.39, 0.29) is 17.7 Å². The molecule has 112 valence electrons. The highest BCUT2D eigenvalue weighted by atomic mass is 16.2. The van der Waals surface area contributed by atoms with Crippen molar-refractivity contribution in [2.24, 2.45) is 5.92 Å². The molecule has 0 radical (unpaired) electrons. The molecule has 0 aromatic heterocycles. The number of para-hydroxylation sites is 1. The van der Waals surface area contributed by atoms with E-state index >= 15 is 0 Å². The monoisotopic (exact) mass is 287 g/mol. The van der Waals surface area contributed by atoms with Crippen LogP contribution in [0.5, 0.6) is 0 Å². The predicted octanol–water partition coefficient (Wildman–Crippen LogP) is 0.691. The third kappa shape index (κ3) is 3.08. The number of rotatable bonds is 4. The molecule has 1 fully saturated rings. The van der Waals surface area contributed by atoms with E-state index in [2.05, 4.69) is 10.6 Å². The lowest BCUT2D eigenvalue weighted by molar-refractivity contribution is -0.125. The van der Waals surface area contributed by atoms with Crippen molar-refractivity contribution in [3.05, 3.63) is 29.8 Å². The maximum Gasteiger partial charge on any atom is 0.231 e. The third-order valence-corrected chi connectivity index (χ3v) is 4.23. The van der Waals surface area contributed by atoms with Crippen LogP contribution in [0.25, 0.3) is 0 Å². The SMILES string of the molecule is O=C(NCCN1C(=O)Cc2ccccc21)C1CCCNC1. The Labute approximate surface area is 124 Å². The lowest BCUT2D eigenvalue weighted by Gasteiger charge is -2.23. The highest BCUT2D eigenvalue weighted by Gasteiger charge is 2.26. The first-order chi connectivity index (χ1) is 10.3. The van der Waals surface area contributed by atoms with Gasteiger partial charge in [-0.1, -0.05) is 18.2 Å². The number of carbonyl (C=O) groups is 2. The zero-order valence-electron chi connectivity index (χ0n) is 12.1. The number of hydrogen-bond acceptors (Lipinski definition) is 3. The van der Waals surface area contributed by atoms with Crippen LogP contribution in [-0.4, -0.2) is 38.0 Å². The molecule has 5 nitrogen and oxygen atoms in total. The van der Waals surface area contributed by atoms with Gasteiger partial charge in [-0.05, 0) is 31.0 Å². The van der Waals surface area contributed by atoms with Crippen LogP contribution in [0.4, 0.5) is 5.69 Å². The van der Waals surface area contributed by atoms with Crippen molar-refractivity contribution in [1.29, 1.82) is 0 Å². The Bertz CT molecular complexity index is 538. The van der Waals surface area contributed by atoms with Gasteiger partial charge in [-0.2, -0.15) is 0 Å². The number of fused-ring (bicyclic) bond motifs is 1. The van der Waals surface area contributed by atoms with Crippen LogP contribution in [-0.2, 0) is 16.0 Å². The van der Waals surface area contributed by atoms with Gasteiger partial charge in [0.2, 0.25) is 11.8 Å². The van der Waals surface area contributed by atoms with Crippen LogP contribution < -0.4 is 15.5 Å². The summed E-state index contributed by atoms with van der Waals surface area (Å²) >= 11 is 0. The highest BCUT2D eigenvalue weighted by Crippen LogP contribution is 2.27. The number of hydrogen-bond donors (Lipinski definition) is 2. The molecule has 2 aliphatic rings. The van der Waals surface area contributed by atoms with Gasteiger partial charge in [0.1, 0.15) is 0 Å². The third-order valence-electron chi connectivity index (χ3n) is 4.23. The summed E-state index contributed by atoms with van der Waals surface area (Å²) in [5.41, 5.74) is 2.06. The van der Waals surface area contributed by atoms with Crippen molar-refractivity contribution >= 4 is 17.5 Å². The molecule has 2 heterocycles. The van der Waals surface area contributed by atoms with Crippen molar-refractivity contribution < 1.29 is 9.59 Å². The number of anilines is 1. The van der Waals surface area contributed by atoms with Gasteiger partial charge in [-0.3, -0.25) is 9.59 Å². The van der Waals surface area contributed by atoms with Gasteiger partial charge in [0.25, 0.3) is 0 Å². The Hall–Kier alpha value is -1.88. The summed E-state index contributed by atoms with van der Waals surface area (Å²) in [6.07, 6.45) is 2.47. The molecule has 0 saturated carbocycles. The Kier molecular flexibility index (Phi) is 4.20. The summed E-state index contributed by atoms with van der Waals surface area (Å²) in [4.78, 5) is 25.8. The molecular weight excluding hydrogens is 266 g/mol. The van der Waals surface area contributed by atoms with Gasteiger partial charge in [-0.15, -0.1) is 0 Å². The number of nitrogens with one attached hydrogen (secondary N) is 2. The Morgan fingerprint density at radius 1 is 1.38 bits per heavy atom. The van der Waals surface area contributed by atoms with Gasteiger partial charge in [0, 0.05) is 25.3 Å². The average molecular weight is 287 g/mol. The van der Waals surface area contributed by atoms with Crippen LogP contribution in [0, 0.1) is 5.92 Å². The second-order valence-electron chi connectivity index (χ2n) is 5.69. The zero-order valence-corrected chi connectivity index (χ0v) is 12.1. The molecule has 1 saturated heterocycles. The van der Waals surface area contributed by atoms with Gasteiger partial charge in [0.05, 0.1) is 12.3 Å². The first-order valence-electron chi connectivity index (χ1n) is 7.62. The van der Waals surface area contributed by atoms with Crippen molar-refractivity contribution in [3.63, 3.8) is 0 Å². The van der Waals surface area contributed by atoms with E-state index in [0.29, 0.717) is 19.5 Å². The molecule has 21 heavy (non-hydrogen) atoms. The van der Waals surface area contributed by atoms with E-state index in [1.165, 1.54) is 0 Å². The average Bonchev–Trinajstić information content (AvgIpc) is 2.84. The quantitative estimate of drug-likeness (QED) is 0.856. The first kappa shape index (κ1) is 14.1. The molecule has 5 heteroatoms. The van der Waals surface area contributed by atoms with Crippen LogP contribution in [0.3, 0.4) is 0 Å². The molecule has 1 atom stereocenters. The fraction of sp³-hybridized carbons (Fsp3) is 0.500. The predicted molar refractivity (Wildman–Crippen MR) is 81.1 cm³/mol. The molecule has 2 amide bonds. The summed E-state index contributed by atoms with van der Waals surface area (Å²) in [5.74, 6) is 0.284. The molecule has 2 N–H and O–H groups in total. The van der Waals surface area contributed by atoms with E-state index in [0.717, 1.165) is 37.2 Å². The van der Waals surface area contributed by atoms with E-state index in [4.69, 9.17) is 0 Å². The molecule has 0 aliphatic carbocycles. The van der Waals surface area contributed by atoms with Crippen LogP contribution in [0.15, 0.2) is 24.3 Å². The van der Waals surface area contributed by atoms with Crippen molar-refractivity contribution in [2.45, 2.75) is 19.3 Å². The molecule has 1 aromatic carbocycles. The number of nitrogens with zero attached hydrogens (tertiary/aromatic N) is 1. The molecule has 3 rings (SSSR count). The van der Waals surface area contributed by atoms with Gasteiger partial charge in [0.15, 0.2) is 0 Å². The second kappa shape index (κ2) is 6.26. The van der Waals surface area contributed by atoms with Crippen LogP contribution in [0.2, 0.25) is 0 Å². The fourth-order valence-electron chi connectivity index (χ4n) is 3.07. The zero-order chi connectivity index (χ0) is 14.7.